The van der Waals surface area contributed by atoms with E-state index in [1.807, 2.05) is 0 Å². The fourth-order valence-corrected chi connectivity index (χ4v) is 5.10. The van der Waals surface area contributed by atoms with Crippen LogP contribution in [0.3, 0.4) is 0 Å². The quantitative estimate of drug-likeness (QED) is 0.639. The molecule has 3 aromatic rings. The zero-order valence-electron chi connectivity index (χ0n) is 15.2. The number of hydrogen-bond acceptors (Lipinski definition) is 4. The van der Waals surface area contributed by atoms with Crippen LogP contribution in [0.1, 0.15) is 5.56 Å². The lowest BCUT2D eigenvalue weighted by atomic mass is 10.2. The Labute approximate surface area is 165 Å². The van der Waals surface area contributed by atoms with Crippen LogP contribution in [0.4, 0.5) is 11.4 Å². The summed E-state index contributed by atoms with van der Waals surface area (Å²) >= 11 is 0. The number of benzene rings is 3. The molecule has 0 aliphatic rings. The highest BCUT2D eigenvalue weighted by molar-refractivity contribution is 7.93. The van der Waals surface area contributed by atoms with E-state index in [2.05, 4.69) is 4.72 Å². The molecule has 0 saturated carbocycles. The van der Waals surface area contributed by atoms with Gasteiger partial charge in [0.05, 0.1) is 16.3 Å². The molecule has 0 amide bonds. The molecule has 0 bridgehead atoms. The summed E-state index contributed by atoms with van der Waals surface area (Å²) in [7, 11) is -6.06. The van der Waals surface area contributed by atoms with E-state index < -0.39 is 20.0 Å². The number of anilines is 2. The van der Waals surface area contributed by atoms with Crippen molar-refractivity contribution >= 4 is 31.4 Å². The summed E-state index contributed by atoms with van der Waals surface area (Å²) in [6, 6.07) is 23.2. The molecule has 0 aliphatic heterocycles. The molecule has 28 heavy (non-hydrogen) atoms. The molecular weight excluding hydrogens is 396 g/mol. The molecule has 3 rings (SSSR count). The summed E-state index contributed by atoms with van der Waals surface area (Å²) in [4.78, 5) is -0.00114. The van der Waals surface area contributed by atoms with Gasteiger partial charge in [-0.3, -0.25) is 9.03 Å². The van der Waals surface area contributed by atoms with Gasteiger partial charge in [0.25, 0.3) is 10.0 Å². The van der Waals surface area contributed by atoms with Crippen molar-refractivity contribution in [2.45, 2.75) is 10.6 Å². The van der Waals surface area contributed by atoms with Gasteiger partial charge in [-0.1, -0.05) is 54.6 Å². The predicted octanol–water partition coefficient (Wildman–Crippen LogP) is 3.45. The first kappa shape index (κ1) is 19.9. The topological polar surface area (TPSA) is 83.6 Å². The van der Waals surface area contributed by atoms with Gasteiger partial charge in [0.1, 0.15) is 0 Å². The first-order valence-corrected chi connectivity index (χ1v) is 11.6. The van der Waals surface area contributed by atoms with Crippen LogP contribution in [0, 0.1) is 0 Å². The number of rotatable bonds is 7. The Bertz CT molecular complexity index is 1150. The van der Waals surface area contributed by atoms with Crippen molar-refractivity contribution in [3.8, 4) is 0 Å². The average molecular weight is 417 g/mol. The van der Waals surface area contributed by atoms with Crippen LogP contribution < -0.4 is 9.03 Å². The minimum absolute atomic E-state index is 0.00114. The van der Waals surface area contributed by atoms with Crippen molar-refractivity contribution < 1.29 is 16.8 Å². The van der Waals surface area contributed by atoms with Crippen LogP contribution in [0.25, 0.3) is 0 Å². The molecule has 0 unspecified atom stereocenters. The number of nitrogens with one attached hydrogen (secondary N) is 1. The van der Waals surface area contributed by atoms with Crippen molar-refractivity contribution in [2.75, 3.05) is 16.1 Å². The number of hydrogen-bond donors (Lipinski definition) is 1. The molecule has 0 radical (unpaired) electrons. The number of nitrogens with zero attached hydrogens (tertiary/aromatic N) is 1. The summed E-state index contributed by atoms with van der Waals surface area (Å²) < 4.78 is 54.2. The van der Waals surface area contributed by atoms with Crippen molar-refractivity contribution in [2.24, 2.45) is 0 Å². The lowest BCUT2D eigenvalue weighted by Crippen LogP contribution is -2.26. The lowest BCUT2D eigenvalue weighted by molar-refractivity contribution is 0.593. The van der Waals surface area contributed by atoms with Gasteiger partial charge in [-0.2, -0.15) is 0 Å². The highest BCUT2D eigenvalue weighted by Gasteiger charge is 2.22. The lowest BCUT2D eigenvalue weighted by Gasteiger charge is -2.20. The fraction of sp³-hybridized carbons (Fsp3) is 0.100. The maximum Gasteiger partial charge on any atom is 0.264 e. The summed E-state index contributed by atoms with van der Waals surface area (Å²) in [5.74, 6) is -0.200. The van der Waals surface area contributed by atoms with Crippen LogP contribution in [0.15, 0.2) is 89.8 Å². The molecule has 3 aromatic carbocycles. The second kappa shape index (κ2) is 8.04. The first-order chi connectivity index (χ1) is 13.3. The Morgan fingerprint density at radius 1 is 0.786 bits per heavy atom. The van der Waals surface area contributed by atoms with Crippen LogP contribution in [-0.4, -0.2) is 23.9 Å². The molecule has 0 spiro atoms. The van der Waals surface area contributed by atoms with E-state index in [9.17, 15) is 16.8 Å². The maximum absolute atomic E-state index is 12.9. The van der Waals surface area contributed by atoms with E-state index in [0.29, 0.717) is 11.3 Å². The van der Waals surface area contributed by atoms with Gasteiger partial charge in [-0.25, -0.2) is 16.8 Å². The van der Waals surface area contributed by atoms with Crippen LogP contribution in [0.5, 0.6) is 0 Å². The van der Waals surface area contributed by atoms with Gasteiger partial charge >= 0.3 is 0 Å². The van der Waals surface area contributed by atoms with E-state index in [1.54, 1.807) is 60.7 Å². The van der Waals surface area contributed by atoms with E-state index in [0.717, 1.165) is 4.31 Å². The summed E-state index contributed by atoms with van der Waals surface area (Å²) in [5.41, 5.74) is 1.35. The second-order valence-corrected chi connectivity index (χ2v) is 9.87. The largest absolute Gasteiger partial charge is 0.283 e. The SMILES string of the molecule is CN(c1ccccc1)S(=O)(=O)c1cccc(NS(=O)(=O)Cc2ccccc2)c1. The van der Waals surface area contributed by atoms with E-state index in [4.69, 9.17) is 0 Å². The van der Waals surface area contributed by atoms with Crippen LogP contribution in [0.2, 0.25) is 0 Å². The Balaban J connectivity index is 1.84. The van der Waals surface area contributed by atoms with Gasteiger partial charge in [0.2, 0.25) is 10.0 Å². The first-order valence-electron chi connectivity index (χ1n) is 8.46. The minimum atomic E-state index is -3.83. The molecule has 0 saturated heterocycles. The molecule has 0 aromatic heterocycles. The molecule has 6 nitrogen and oxygen atoms in total. The van der Waals surface area contributed by atoms with Gasteiger partial charge in [-0.05, 0) is 35.9 Å². The third-order valence-corrected chi connectivity index (χ3v) is 7.13. The highest BCUT2D eigenvalue weighted by atomic mass is 32.2. The Kier molecular flexibility index (Phi) is 5.71. The van der Waals surface area contributed by atoms with Gasteiger partial charge in [0, 0.05) is 12.7 Å². The summed E-state index contributed by atoms with van der Waals surface area (Å²) in [5, 5.41) is 0. The van der Waals surface area contributed by atoms with E-state index in [-0.39, 0.29) is 16.3 Å². The molecule has 146 valence electrons. The molecule has 0 heterocycles. The van der Waals surface area contributed by atoms with Gasteiger partial charge in [0.15, 0.2) is 0 Å². The second-order valence-electron chi connectivity index (χ2n) is 6.18. The van der Waals surface area contributed by atoms with Gasteiger partial charge < -0.3 is 0 Å². The van der Waals surface area contributed by atoms with Crippen molar-refractivity contribution in [3.05, 3.63) is 90.5 Å². The summed E-state index contributed by atoms with van der Waals surface area (Å²) in [6.45, 7) is 0. The zero-order chi connectivity index (χ0) is 20.2. The van der Waals surface area contributed by atoms with Crippen molar-refractivity contribution in [1.29, 1.82) is 0 Å². The minimum Gasteiger partial charge on any atom is -0.283 e. The molecule has 1 N–H and O–H groups in total. The van der Waals surface area contributed by atoms with Crippen molar-refractivity contribution in [1.82, 2.24) is 0 Å². The standard InChI is InChI=1S/C20H20N2O4S2/c1-22(19-12-6-3-7-13-19)28(25,26)20-14-8-11-18(15-20)21-27(23,24)16-17-9-4-2-5-10-17/h2-15,21H,16H2,1H3. The number of sulfonamides is 2. The monoisotopic (exact) mass is 416 g/mol. The average Bonchev–Trinajstić information content (AvgIpc) is 2.68. The molecule has 0 aliphatic carbocycles. The molecule has 8 heteroatoms. The van der Waals surface area contributed by atoms with Crippen LogP contribution >= 0.6 is 0 Å². The van der Waals surface area contributed by atoms with Crippen molar-refractivity contribution in [3.63, 3.8) is 0 Å². The highest BCUT2D eigenvalue weighted by Crippen LogP contribution is 2.24. The Morgan fingerprint density at radius 2 is 1.39 bits per heavy atom. The van der Waals surface area contributed by atoms with Gasteiger partial charge in [-0.15, -0.1) is 0 Å². The Hall–Kier alpha value is -2.84. The normalized spacial score (nSPS) is 11.8. The van der Waals surface area contributed by atoms with E-state index >= 15 is 0 Å². The third-order valence-electron chi connectivity index (χ3n) is 4.09. The fourth-order valence-electron chi connectivity index (χ4n) is 2.66. The molecule has 0 fully saturated rings. The zero-order valence-corrected chi connectivity index (χ0v) is 16.8. The summed E-state index contributed by atoms with van der Waals surface area (Å²) in [6.07, 6.45) is 0. The number of para-hydroxylation sites is 1. The Morgan fingerprint density at radius 3 is 2.04 bits per heavy atom. The van der Waals surface area contributed by atoms with E-state index in [1.165, 1.54) is 31.3 Å². The smallest absolute Gasteiger partial charge is 0.264 e. The third kappa shape index (κ3) is 4.71. The molecule has 0 atom stereocenters. The maximum atomic E-state index is 12.9. The van der Waals surface area contributed by atoms with Crippen LogP contribution in [-0.2, 0) is 25.8 Å². The molecular formula is C20H20N2O4S2. The predicted molar refractivity (Wildman–Crippen MR) is 111 cm³/mol.